The van der Waals surface area contributed by atoms with Gasteiger partial charge in [-0.2, -0.15) is 0 Å². The molecule has 10 heteroatoms. The number of ether oxygens (including phenoxy) is 2. The number of hydrogen-bond donors (Lipinski definition) is 2. The van der Waals surface area contributed by atoms with Crippen LogP contribution in [0.3, 0.4) is 0 Å². The summed E-state index contributed by atoms with van der Waals surface area (Å²) in [6.45, 7) is 4.07. The highest BCUT2D eigenvalue weighted by atomic mass is 16.5. The number of hydrogen-bond acceptors (Lipinski definition) is 6. The number of rotatable bonds is 16. The van der Waals surface area contributed by atoms with Crippen molar-refractivity contribution in [3.63, 3.8) is 0 Å². The Morgan fingerprint density at radius 1 is 0.520 bits per heavy atom. The lowest BCUT2D eigenvalue weighted by Crippen LogP contribution is -2.65. The van der Waals surface area contributed by atoms with E-state index in [1.165, 1.54) is 9.80 Å². The summed E-state index contributed by atoms with van der Waals surface area (Å²) in [5.74, 6) is -9.55. The third-order valence-electron chi connectivity index (χ3n) is 8.90. The Morgan fingerprint density at radius 3 is 1.10 bits per heavy atom. The fourth-order valence-corrected chi connectivity index (χ4v) is 6.64. The van der Waals surface area contributed by atoms with Crippen molar-refractivity contribution >= 4 is 23.8 Å². The molecule has 260 valence electrons. The minimum absolute atomic E-state index is 0.162. The zero-order valence-corrected chi connectivity index (χ0v) is 28.1. The van der Waals surface area contributed by atoms with Gasteiger partial charge in [0.25, 0.3) is 0 Å². The first-order valence-corrected chi connectivity index (χ1v) is 16.9. The number of carboxylic acid groups (broad SMARTS) is 2. The van der Waals surface area contributed by atoms with Gasteiger partial charge in [-0.15, -0.1) is 0 Å². The van der Waals surface area contributed by atoms with Crippen LogP contribution in [0.5, 0.6) is 11.5 Å². The Balaban J connectivity index is 1.58. The van der Waals surface area contributed by atoms with Crippen molar-refractivity contribution < 1.29 is 38.9 Å². The maximum Gasteiger partial charge on any atom is 0.308 e. The summed E-state index contributed by atoms with van der Waals surface area (Å²) >= 11 is 0. The first kappa shape index (κ1) is 35.7. The van der Waals surface area contributed by atoms with Crippen LogP contribution in [0.4, 0.5) is 0 Å². The normalized spacial score (nSPS) is 19.2. The fraction of sp³-hybridized carbons (Fsp3) is 0.300. The predicted molar refractivity (Wildman–Crippen MR) is 186 cm³/mol. The van der Waals surface area contributed by atoms with Gasteiger partial charge in [0.15, 0.2) is 0 Å². The molecule has 6 unspecified atom stereocenters. The van der Waals surface area contributed by atoms with Crippen LogP contribution in [0.2, 0.25) is 0 Å². The zero-order chi connectivity index (χ0) is 35.6. The molecule has 10 nitrogen and oxygen atoms in total. The zero-order valence-electron chi connectivity index (χ0n) is 28.1. The van der Waals surface area contributed by atoms with Gasteiger partial charge in [0.05, 0.1) is 23.7 Å². The van der Waals surface area contributed by atoms with E-state index in [1.807, 2.05) is 38.1 Å². The minimum atomic E-state index is -1.64. The van der Waals surface area contributed by atoms with Gasteiger partial charge in [-0.25, -0.2) is 0 Å². The summed E-state index contributed by atoms with van der Waals surface area (Å²) < 4.78 is 12.8. The first-order valence-electron chi connectivity index (χ1n) is 16.9. The van der Waals surface area contributed by atoms with Crippen LogP contribution in [0.15, 0.2) is 121 Å². The molecule has 1 fully saturated rings. The van der Waals surface area contributed by atoms with Crippen molar-refractivity contribution in [2.24, 2.45) is 23.7 Å². The van der Waals surface area contributed by atoms with Crippen LogP contribution < -0.4 is 9.47 Å². The molecule has 1 saturated carbocycles. The summed E-state index contributed by atoms with van der Waals surface area (Å²) in [7, 11) is 0. The highest BCUT2D eigenvalue weighted by molar-refractivity contribution is 6.00. The molecule has 0 aromatic heterocycles. The molecule has 0 spiro atoms. The van der Waals surface area contributed by atoms with Gasteiger partial charge >= 0.3 is 11.9 Å². The van der Waals surface area contributed by atoms with E-state index in [0.29, 0.717) is 35.5 Å². The molecule has 1 aliphatic rings. The average molecular weight is 679 g/mol. The molecule has 0 radical (unpaired) electrons. The number of carbonyl (C=O) groups excluding carboxylic acids is 2. The van der Waals surface area contributed by atoms with Gasteiger partial charge in [0.2, 0.25) is 24.3 Å². The third kappa shape index (κ3) is 7.80. The second kappa shape index (κ2) is 16.6. The monoisotopic (exact) mass is 678 g/mol. The Bertz CT molecular complexity index is 1590. The molecule has 4 aromatic carbocycles. The molecule has 0 saturated heterocycles. The number of para-hydroxylation sites is 2. The SMILES string of the molecule is CCCN(C(=O)C1C(C(=O)O)C(C(=O)O)C1C(=O)N(CCC)C(Oc1ccccc1)c1ccccc1)C(Oc1ccccc1)c1ccccc1. The van der Waals surface area contributed by atoms with Crippen LogP contribution in [-0.4, -0.2) is 56.9 Å². The highest BCUT2D eigenvalue weighted by Gasteiger charge is 2.65. The standard InChI is InChI=1S/C40H42N2O8/c1-3-25-41(37(27-17-9-5-10-18-27)49-29-21-13-7-14-22-29)35(43)31-32(34(40(47)48)33(31)39(45)46)36(44)42(26-4-2)38(28-19-11-6-12-20-28)50-30-23-15-8-16-24-30/h5-24,31-34,37-38H,3-4,25-26H2,1-2H3,(H,45,46)(H,47,48). The maximum absolute atomic E-state index is 14.8. The van der Waals surface area contributed by atoms with Gasteiger partial charge in [-0.05, 0) is 37.1 Å². The van der Waals surface area contributed by atoms with E-state index in [4.69, 9.17) is 9.47 Å². The highest BCUT2D eigenvalue weighted by Crippen LogP contribution is 2.50. The number of carbonyl (C=O) groups is 4. The molecule has 50 heavy (non-hydrogen) atoms. The molecular weight excluding hydrogens is 636 g/mol. The number of nitrogens with zero attached hydrogens (tertiary/aromatic N) is 2. The molecule has 0 aliphatic heterocycles. The van der Waals surface area contributed by atoms with Gasteiger partial charge in [-0.1, -0.05) is 111 Å². The largest absolute Gasteiger partial charge is 0.481 e. The molecule has 4 aromatic rings. The van der Waals surface area contributed by atoms with Gasteiger partial charge < -0.3 is 29.5 Å². The molecule has 2 N–H and O–H groups in total. The maximum atomic E-state index is 14.8. The van der Waals surface area contributed by atoms with E-state index >= 15 is 0 Å². The fourth-order valence-electron chi connectivity index (χ4n) is 6.64. The van der Waals surface area contributed by atoms with E-state index in [2.05, 4.69) is 0 Å². The Hall–Kier alpha value is -5.64. The summed E-state index contributed by atoms with van der Waals surface area (Å²) in [5.41, 5.74) is 1.27. The number of aliphatic carboxylic acids is 2. The van der Waals surface area contributed by atoms with Crippen LogP contribution >= 0.6 is 0 Å². The van der Waals surface area contributed by atoms with E-state index < -0.39 is 59.9 Å². The van der Waals surface area contributed by atoms with Crippen molar-refractivity contribution in [2.75, 3.05) is 13.1 Å². The summed E-state index contributed by atoms with van der Waals surface area (Å²) in [4.78, 5) is 58.0. The Labute approximate surface area is 291 Å². The second-order valence-electron chi connectivity index (χ2n) is 12.2. The van der Waals surface area contributed by atoms with Gasteiger partial charge in [0, 0.05) is 24.2 Å². The van der Waals surface area contributed by atoms with Crippen LogP contribution in [0, 0.1) is 23.7 Å². The molecule has 5 rings (SSSR count). The number of benzene rings is 4. The van der Waals surface area contributed by atoms with E-state index in [-0.39, 0.29) is 13.1 Å². The third-order valence-corrected chi connectivity index (χ3v) is 8.90. The predicted octanol–water partition coefficient (Wildman–Crippen LogP) is 6.67. The second-order valence-corrected chi connectivity index (χ2v) is 12.2. The van der Waals surface area contributed by atoms with Crippen LogP contribution in [-0.2, 0) is 19.2 Å². The first-order chi connectivity index (χ1) is 24.3. The number of amides is 2. The van der Waals surface area contributed by atoms with E-state index in [0.717, 1.165) is 0 Å². The summed E-state index contributed by atoms with van der Waals surface area (Å²) in [5, 5.41) is 20.8. The molecule has 1 aliphatic carbocycles. The number of carboxylic acids is 2. The molecule has 6 atom stereocenters. The van der Waals surface area contributed by atoms with E-state index in [9.17, 15) is 29.4 Å². The van der Waals surface area contributed by atoms with Crippen molar-refractivity contribution in [1.82, 2.24) is 9.80 Å². The quantitative estimate of drug-likeness (QED) is 0.126. The van der Waals surface area contributed by atoms with E-state index in [1.54, 1.807) is 97.1 Å². The van der Waals surface area contributed by atoms with Gasteiger partial charge in [-0.3, -0.25) is 19.2 Å². The lowest BCUT2D eigenvalue weighted by Gasteiger charge is -2.49. The van der Waals surface area contributed by atoms with Crippen molar-refractivity contribution in [3.8, 4) is 11.5 Å². The molecule has 0 heterocycles. The smallest absolute Gasteiger partial charge is 0.308 e. The Kier molecular flexibility index (Phi) is 11.9. The van der Waals surface area contributed by atoms with Gasteiger partial charge in [0.1, 0.15) is 11.5 Å². The van der Waals surface area contributed by atoms with Crippen LogP contribution in [0.1, 0.15) is 50.3 Å². The van der Waals surface area contributed by atoms with Crippen LogP contribution in [0.25, 0.3) is 0 Å². The summed E-state index contributed by atoms with van der Waals surface area (Å²) in [6.07, 6.45) is -0.987. The topological polar surface area (TPSA) is 134 Å². The molecular formula is C40H42N2O8. The Morgan fingerprint density at radius 2 is 0.820 bits per heavy atom. The average Bonchev–Trinajstić information content (AvgIpc) is 3.12. The van der Waals surface area contributed by atoms with Crippen molar-refractivity contribution in [2.45, 2.75) is 39.1 Å². The lowest BCUT2D eigenvalue weighted by molar-refractivity contribution is -0.192. The van der Waals surface area contributed by atoms with Crippen molar-refractivity contribution in [1.29, 1.82) is 0 Å². The minimum Gasteiger partial charge on any atom is -0.481 e. The lowest BCUT2D eigenvalue weighted by atomic mass is 9.55. The molecule has 2 amide bonds. The summed E-state index contributed by atoms with van der Waals surface area (Å²) in [6, 6.07) is 35.9. The molecule has 0 bridgehead atoms. The van der Waals surface area contributed by atoms with Crippen molar-refractivity contribution in [3.05, 3.63) is 132 Å².